The molecule has 1 aromatic carbocycles. The standard InChI is InChI=1S/C16H19N3O2S2/c1-12-11-22-15(19-12)16(2,3)18-8-9-23(20,21)14-6-4-13(10-17)5-7-14/h4-7,11,18H,8-9H2,1-3H3. The van der Waals surface area contributed by atoms with Crippen molar-refractivity contribution >= 4 is 21.2 Å². The van der Waals surface area contributed by atoms with Crippen LogP contribution in [0.4, 0.5) is 0 Å². The Morgan fingerprint density at radius 3 is 2.48 bits per heavy atom. The predicted octanol–water partition coefficient (Wildman–Crippen LogP) is 2.62. The van der Waals surface area contributed by atoms with E-state index in [4.69, 9.17) is 5.26 Å². The van der Waals surface area contributed by atoms with Crippen LogP contribution in [0.25, 0.3) is 0 Å². The number of aromatic nitrogens is 1. The second-order valence-electron chi connectivity index (χ2n) is 5.80. The number of rotatable bonds is 6. The van der Waals surface area contributed by atoms with Crippen LogP contribution in [0.2, 0.25) is 0 Å². The number of hydrogen-bond donors (Lipinski definition) is 1. The van der Waals surface area contributed by atoms with Crippen molar-refractivity contribution in [2.45, 2.75) is 31.2 Å². The van der Waals surface area contributed by atoms with Crippen molar-refractivity contribution in [1.82, 2.24) is 10.3 Å². The van der Waals surface area contributed by atoms with Crippen LogP contribution in [0.1, 0.15) is 30.1 Å². The van der Waals surface area contributed by atoms with Crippen LogP contribution in [0, 0.1) is 18.3 Å². The SMILES string of the molecule is Cc1csc(C(C)(C)NCCS(=O)(=O)c2ccc(C#N)cc2)n1. The molecule has 0 unspecified atom stereocenters. The van der Waals surface area contributed by atoms with Gasteiger partial charge in [-0.2, -0.15) is 5.26 Å². The molecule has 0 bridgehead atoms. The molecule has 0 aliphatic carbocycles. The van der Waals surface area contributed by atoms with E-state index in [0.29, 0.717) is 12.1 Å². The molecule has 7 heteroatoms. The van der Waals surface area contributed by atoms with Crippen LogP contribution in [0.15, 0.2) is 34.5 Å². The molecule has 0 atom stereocenters. The van der Waals surface area contributed by atoms with Crippen molar-refractivity contribution in [3.63, 3.8) is 0 Å². The van der Waals surface area contributed by atoms with Crippen molar-refractivity contribution < 1.29 is 8.42 Å². The number of nitriles is 1. The van der Waals surface area contributed by atoms with Crippen molar-refractivity contribution in [2.24, 2.45) is 0 Å². The molecule has 0 spiro atoms. The van der Waals surface area contributed by atoms with Gasteiger partial charge in [0, 0.05) is 17.6 Å². The van der Waals surface area contributed by atoms with E-state index in [-0.39, 0.29) is 16.2 Å². The maximum Gasteiger partial charge on any atom is 0.179 e. The summed E-state index contributed by atoms with van der Waals surface area (Å²) >= 11 is 1.56. The van der Waals surface area contributed by atoms with Gasteiger partial charge in [0.25, 0.3) is 0 Å². The zero-order valence-corrected chi connectivity index (χ0v) is 15.0. The minimum Gasteiger partial charge on any atom is -0.305 e. The summed E-state index contributed by atoms with van der Waals surface area (Å²) < 4.78 is 24.6. The molecule has 0 saturated carbocycles. The van der Waals surface area contributed by atoms with Crippen LogP contribution in [-0.4, -0.2) is 25.7 Å². The van der Waals surface area contributed by atoms with Crippen molar-refractivity contribution in [2.75, 3.05) is 12.3 Å². The molecular weight excluding hydrogens is 330 g/mol. The molecule has 2 aromatic rings. The Balaban J connectivity index is 2.00. The first-order valence-corrected chi connectivity index (χ1v) is 9.68. The van der Waals surface area contributed by atoms with Crippen LogP contribution < -0.4 is 5.32 Å². The van der Waals surface area contributed by atoms with Gasteiger partial charge in [0.1, 0.15) is 5.01 Å². The number of thiazole rings is 1. The minimum atomic E-state index is -3.37. The number of nitrogens with one attached hydrogen (secondary N) is 1. The average molecular weight is 349 g/mol. The van der Waals surface area contributed by atoms with Gasteiger partial charge in [0.15, 0.2) is 9.84 Å². The molecule has 23 heavy (non-hydrogen) atoms. The highest BCUT2D eigenvalue weighted by atomic mass is 32.2. The fourth-order valence-corrected chi connectivity index (χ4v) is 4.12. The van der Waals surface area contributed by atoms with Gasteiger partial charge >= 0.3 is 0 Å². The van der Waals surface area contributed by atoms with Gasteiger partial charge in [-0.3, -0.25) is 0 Å². The van der Waals surface area contributed by atoms with Crippen LogP contribution in [0.5, 0.6) is 0 Å². The van der Waals surface area contributed by atoms with Crippen molar-refractivity contribution in [3.05, 3.63) is 45.9 Å². The molecule has 5 nitrogen and oxygen atoms in total. The summed E-state index contributed by atoms with van der Waals surface area (Å²) in [5.41, 5.74) is 1.03. The highest BCUT2D eigenvalue weighted by molar-refractivity contribution is 7.91. The van der Waals surface area contributed by atoms with Crippen LogP contribution in [-0.2, 0) is 15.4 Å². The summed E-state index contributed by atoms with van der Waals surface area (Å²) in [7, 11) is -3.37. The normalized spacial score (nSPS) is 12.1. The summed E-state index contributed by atoms with van der Waals surface area (Å²) in [6, 6.07) is 7.96. The molecule has 0 aliphatic heterocycles. The third-order valence-corrected chi connectivity index (χ3v) is 6.45. The fraction of sp³-hybridized carbons (Fsp3) is 0.375. The molecule has 1 aromatic heterocycles. The van der Waals surface area contributed by atoms with Gasteiger partial charge in [0.2, 0.25) is 0 Å². The van der Waals surface area contributed by atoms with Gasteiger partial charge in [-0.05, 0) is 45.0 Å². The number of benzene rings is 1. The summed E-state index contributed by atoms with van der Waals surface area (Å²) in [4.78, 5) is 4.69. The third-order valence-electron chi connectivity index (χ3n) is 3.43. The lowest BCUT2D eigenvalue weighted by molar-refractivity contribution is 0.413. The fourth-order valence-electron chi connectivity index (χ4n) is 2.07. The van der Waals surface area contributed by atoms with Crippen molar-refractivity contribution in [1.29, 1.82) is 5.26 Å². The number of aryl methyl sites for hydroxylation is 1. The first kappa shape index (κ1) is 17.6. The zero-order chi connectivity index (χ0) is 17.1. The maximum atomic E-state index is 12.3. The van der Waals surface area contributed by atoms with Gasteiger partial charge in [0.05, 0.1) is 27.8 Å². The van der Waals surface area contributed by atoms with E-state index in [9.17, 15) is 8.42 Å². The highest BCUT2D eigenvalue weighted by Crippen LogP contribution is 2.23. The second kappa shape index (κ2) is 6.79. The summed E-state index contributed by atoms with van der Waals surface area (Å²) in [6.45, 7) is 6.23. The lowest BCUT2D eigenvalue weighted by atomic mass is 10.1. The smallest absolute Gasteiger partial charge is 0.179 e. The quantitative estimate of drug-likeness (QED) is 0.867. The predicted molar refractivity (Wildman–Crippen MR) is 91.1 cm³/mol. The minimum absolute atomic E-state index is 0.00725. The summed E-state index contributed by atoms with van der Waals surface area (Å²) in [6.07, 6.45) is 0. The molecule has 1 heterocycles. The van der Waals surface area contributed by atoms with Crippen LogP contribution in [0.3, 0.4) is 0 Å². The van der Waals surface area contributed by atoms with E-state index in [2.05, 4.69) is 10.3 Å². The first-order valence-electron chi connectivity index (χ1n) is 7.15. The Kier molecular flexibility index (Phi) is 5.19. The van der Waals surface area contributed by atoms with E-state index in [1.807, 2.05) is 32.2 Å². The molecule has 0 fully saturated rings. The Hall–Kier alpha value is -1.75. The van der Waals surface area contributed by atoms with Gasteiger partial charge in [-0.15, -0.1) is 11.3 Å². The zero-order valence-electron chi connectivity index (χ0n) is 13.3. The molecule has 1 N–H and O–H groups in total. The summed E-state index contributed by atoms with van der Waals surface area (Å²) in [5.74, 6) is -0.00725. The monoisotopic (exact) mass is 349 g/mol. The molecule has 0 amide bonds. The molecule has 2 rings (SSSR count). The van der Waals surface area contributed by atoms with Gasteiger partial charge in [-0.1, -0.05) is 0 Å². The maximum absolute atomic E-state index is 12.3. The topological polar surface area (TPSA) is 82.9 Å². The van der Waals surface area contributed by atoms with Crippen LogP contribution >= 0.6 is 11.3 Å². The van der Waals surface area contributed by atoms with E-state index in [1.54, 1.807) is 11.3 Å². The van der Waals surface area contributed by atoms with Gasteiger partial charge in [-0.25, -0.2) is 13.4 Å². The Morgan fingerprint density at radius 2 is 1.96 bits per heavy atom. The van der Waals surface area contributed by atoms with E-state index in [0.717, 1.165) is 10.7 Å². The van der Waals surface area contributed by atoms with E-state index < -0.39 is 9.84 Å². The average Bonchev–Trinajstić information content (AvgIpc) is 2.94. The number of hydrogen-bond acceptors (Lipinski definition) is 6. The molecule has 0 aliphatic rings. The van der Waals surface area contributed by atoms with E-state index >= 15 is 0 Å². The Morgan fingerprint density at radius 1 is 1.30 bits per heavy atom. The summed E-state index contributed by atoms with van der Waals surface area (Å²) in [5, 5.41) is 14.9. The van der Waals surface area contributed by atoms with E-state index in [1.165, 1.54) is 24.3 Å². The Labute approximate surface area is 140 Å². The third kappa shape index (κ3) is 4.38. The molecule has 0 saturated heterocycles. The molecule has 0 radical (unpaired) electrons. The lowest BCUT2D eigenvalue weighted by Crippen LogP contribution is -2.39. The van der Waals surface area contributed by atoms with Gasteiger partial charge < -0.3 is 5.32 Å². The molecular formula is C16H19N3O2S2. The number of sulfone groups is 1. The first-order chi connectivity index (χ1) is 10.7. The lowest BCUT2D eigenvalue weighted by Gasteiger charge is -2.23. The Bertz CT molecular complexity index is 816. The largest absolute Gasteiger partial charge is 0.305 e. The second-order valence-corrected chi connectivity index (χ2v) is 8.77. The molecule has 122 valence electrons. The highest BCUT2D eigenvalue weighted by Gasteiger charge is 2.24. The van der Waals surface area contributed by atoms with Crippen molar-refractivity contribution in [3.8, 4) is 6.07 Å². The number of nitrogens with zero attached hydrogens (tertiary/aromatic N) is 2.